The van der Waals surface area contributed by atoms with Crippen molar-refractivity contribution in [3.05, 3.63) is 52.8 Å². The van der Waals surface area contributed by atoms with Crippen LogP contribution in [-0.2, 0) is 18.3 Å². The van der Waals surface area contributed by atoms with Gasteiger partial charge in [0.05, 0.1) is 6.61 Å². The third-order valence-corrected chi connectivity index (χ3v) is 3.15. The molecule has 0 aliphatic heterocycles. The quantitative estimate of drug-likeness (QED) is 0.834. The van der Waals surface area contributed by atoms with Crippen molar-refractivity contribution in [2.45, 2.75) is 6.42 Å². The van der Waals surface area contributed by atoms with Crippen molar-refractivity contribution >= 4 is 23.6 Å². The number of halogens is 1. The van der Waals surface area contributed by atoms with Crippen LogP contribution in [0.25, 0.3) is 6.08 Å². The zero-order valence-electron chi connectivity index (χ0n) is 11.5. The molecular weight excluding hydrogens is 292 g/mol. The summed E-state index contributed by atoms with van der Waals surface area (Å²) in [5.41, 5.74) is 1.70. The smallest absolute Gasteiger partial charge is 0.328 e. The van der Waals surface area contributed by atoms with Crippen molar-refractivity contribution in [3.8, 4) is 5.75 Å². The molecule has 0 saturated carbocycles. The molecule has 21 heavy (non-hydrogen) atoms. The molecule has 2 aromatic rings. The number of hydrogen-bond acceptors (Lipinski definition) is 3. The normalized spacial score (nSPS) is 11.0. The molecule has 1 aromatic heterocycles. The molecular formula is C15H15ClN2O3. The molecule has 1 heterocycles. The predicted molar refractivity (Wildman–Crippen MR) is 80.5 cm³/mol. The van der Waals surface area contributed by atoms with Gasteiger partial charge in [-0.2, -0.15) is 5.10 Å². The number of carboxylic acids is 1. The Balaban J connectivity index is 2.05. The molecule has 0 aliphatic rings. The van der Waals surface area contributed by atoms with Gasteiger partial charge in [-0.1, -0.05) is 11.6 Å². The van der Waals surface area contributed by atoms with Gasteiger partial charge in [-0.3, -0.25) is 4.68 Å². The first kappa shape index (κ1) is 15.1. The van der Waals surface area contributed by atoms with E-state index in [0.717, 1.165) is 11.8 Å². The first-order valence-electron chi connectivity index (χ1n) is 6.36. The number of hydrogen-bond donors (Lipinski definition) is 1. The Morgan fingerprint density at radius 3 is 2.95 bits per heavy atom. The van der Waals surface area contributed by atoms with E-state index >= 15 is 0 Å². The van der Waals surface area contributed by atoms with Crippen LogP contribution in [-0.4, -0.2) is 27.5 Å². The Morgan fingerprint density at radius 2 is 2.29 bits per heavy atom. The van der Waals surface area contributed by atoms with E-state index in [1.807, 2.05) is 13.1 Å². The van der Waals surface area contributed by atoms with Gasteiger partial charge in [-0.05, 0) is 30.3 Å². The van der Waals surface area contributed by atoms with E-state index in [0.29, 0.717) is 29.4 Å². The standard InChI is InChI=1S/C15H15ClN2O3/c1-18-13(6-8-17-18)7-9-21-14-4-3-12(16)10-11(14)2-5-15(19)20/h2-6,8,10H,7,9H2,1H3,(H,19,20)/b5-2+. The second-order valence-corrected chi connectivity index (χ2v) is 4.83. The maximum absolute atomic E-state index is 10.6. The fourth-order valence-electron chi connectivity index (χ4n) is 1.85. The van der Waals surface area contributed by atoms with Crippen LogP contribution in [0.15, 0.2) is 36.5 Å². The third kappa shape index (κ3) is 4.36. The van der Waals surface area contributed by atoms with E-state index in [4.69, 9.17) is 21.4 Å². The van der Waals surface area contributed by atoms with E-state index in [2.05, 4.69) is 5.10 Å². The highest BCUT2D eigenvalue weighted by Crippen LogP contribution is 2.24. The van der Waals surface area contributed by atoms with Crippen molar-refractivity contribution in [2.75, 3.05) is 6.61 Å². The minimum Gasteiger partial charge on any atom is -0.493 e. The van der Waals surface area contributed by atoms with Gasteiger partial charge in [-0.15, -0.1) is 0 Å². The maximum atomic E-state index is 10.6. The molecule has 2 rings (SSSR count). The van der Waals surface area contributed by atoms with Gasteiger partial charge in [-0.25, -0.2) is 4.79 Å². The summed E-state index contributed by atoms with van der Waals surface area (Å²) in [5, 5.41) is 13.3. The Hall–Kier alpha value is -2.27. The van der Waals surface area contributed by atoms with Gasteiger partial charge >= 0.3 is 5.97 Å². The second kappa shape index (κ2) is 6.95. The van der Waals surface area contributed by atoms with Gasteiger partial charge < -0.3 is 9.84 Å². The van der Waals surface area contributed by atoms with Crippen LogP contribution in [0.2, 0.25) is 5.02 Å². The predicted octanol–water partition coefficient (Wildman–Crippen LogP) is 2.79. The summed E-state index contributed by atoms with van der Waals surface area (Å²) in [6.45, 7) is 0.467. The largest absolute Gasteiger partial charge is 0.493 e. The number of benzene rings is 1. The zero-order chi connectivity index (χ0) is 15.2. The van der Waals surface area contributed by atoms with Crippen molar-refractivity contribution < 1.29 is 14.6 Å². The van der Waals surface area contributed by atoms with Crippen LogP contribution >= 0.6 is 11.6 Å². The Bertz CT molecular complexity index is 665. The average molecular weight is 307 g/mol. The van der Waals surface area contributed by atoms with E-state index in [9.17, 15) is 4.79 Å². The molecule has 0 bridgehead atoms. The second-order valence-electron chi connectivity index (χ2n) is 4.40. The van der Waals surface area contributed by atoms with Crippen LogP contribution in [0.1, 0.15) is 11.3 Å². The van der Waals surface area contributed by atoms with Crippen molar-refractivity contribution in [3.63, 3.8) is 0 Å². The molecule has 0 unspecified atom stereocenters. The fourth-order valence-corrected chi connectivity index (χ4v) is 2.03. The molecule has 1 aromatic carbocycles. The lowest BCUT2D eigenvalue weighted by atomic mass is 10.2. The maximum Gasteiger partial charge on any atom is 0.328 e. The number of aryl methyl sites for hydroxylation is 1. The summed E-state index contributed by atoms with van der Waals surface area (Å²) < 4.78 is 7.50. The minimum absolute atomic E-state index is 0.467. The molecule has 110 valence electrons. The van der Waals surface area contributed by atoms with Crippen LogP contribution in [0, 0.1) is 0 Å². The first-order chi connectivity index (χ1) is 10.1. The molecule has 0 spiro atoms. The lowest BCUT2D eigenvalue weighted by molar-refractivity contribution is -0.131. The van der Waals surface area contributed by atoms with Crippen LogP contribution in [0.5, 0.6) is 5.75 Å². The van der Waals surface area contributed by atoms with E-state index < -0.39 is 5.97 Å². The summed E-state index contributed by atoms with van der Waals surface area (Å²) in [4.78, 5) is 10.6. The Morgan fingerprint density at radius 1 is 1.48 bits per heavy atom. The molecule has 0 saturated heterocycles. The number of nitrogens with zero attached hydrogens (tertiary/aromatic N) is 2. The zero-order valence-corrected chi connectivity index (χ0v) is 12.2. The van der Waals surface area contributed by atoms with Gasteiger partial charge in [0, 0.05) is 42.0 Å². The van der Waals surface area contributed by atoms with E-state index in [1.54, 1.807) is 29.1 Å². The summed E-state index contributed by atoms with van der Waals surface area (Å²) in [5.74, 6) is -0.421. The van der Waals surface area contributed by atoms with Gasteiger partial charge in [0.1, 0.15) is 5.75 Å². The average Bonchev–Trinajstić information content (AvgIpc) is 2.84. The number of aliphatic carboxylic acids is 1. The van der Waals surface area contributed by atoms with Crippen molar-refractivity contribution in [1.29, 1.82) is 0 Å². The number of rotatable bonds is 6. The highest BCUT2D eigenvalue weighted by molar-refractivity contribution is 6.30. The van der Waals surface area contributed by atoms with Gasteiger partial charge in [0.2, 0.25) is 0 Å². The highest BCUT2D eigenvalue weighted by atomic mass is 35.5. The van der Waals surface area contributed by atoms with Gasteiger partial charge in [0.25, 0.3) is 0 Å². The molecule has 0 fully saturated rings. The third-order valence-electron chi connectivity index (χ3n) is 2.92. The fraction of sp³-hybridized carbons (Fsp3) is 0.200. The van der Waals surface area contributed by atoms with E-state index in [1.165, 1.54) is 6.08 Å². The summed E-state index contributed by atoms with van der Waals surface area (Å²) in [6, 6.07) is 7.03. The molecule has 5 nitrogen and oxygen atoms in total. The summed E-state index contributed by atoms with van der Waals surface area (Å²) in [6.07, 6.45) is 4.97. The molecule has 0 aliphatic carbocycles. The summed E-state index contributed by atoms with van der Waals surface area (Å²) in [7, 11) is 1.87. The topological polar surface area (TPSA) is 64.4 Å². The Labute approximate surface area is 127 Å². The van der Waals surface area contributed by atoms with E-state index in [-0.39, 0.29) is 0 Å². The SMILES string of the molecule is Cn1nccc1CCOc1ccc(Cl)cc1/C=C/C(=O)O. The molecule has 1 N–H and O–H groups in total. The summed E-state index contributed by atoms with van der Waals surface area (Å²) >= 11 is 5.92. The number of carbonyl (C=O) groups is 1. The van der Waals surface area contributed by atoms with Crippen LogP contribution in [0.4, 0.5) is 0 Å². The first-order valence-corrected chi connectivity index (χ1v) is 6.74. The number of ether oxygens (including phenoxy) is 1. The lowest BCUT2D eigenvalue weighted by Crippen LogP contribution is -2.06. The minimum atomic E-state index is -1.02. The van der Waals surface area contributed by atoms with Crippen molar-refractivity contribution in [1.82, 2.24) is 9.78 Å². The number of carboxylic acid groups (broad SMARTS) is 1. The van der Waals surface area contributed by atoms with Crippen LogP contribution < -0.4 is 4.74 Å². The Kier molecular flexibility index (Phi) is 5.00. The monoisotopic (exact) mass is 306 g/mol. The lowest BCUT2D eigenvalue weighted by Gasteiger charge is -2.10. The molecule has 0 amide bonds. The van der Waals surface area contributed by atoms with Crippen LogP contribution in [0.3, 0.4) is 0 Å². The number of aromatic nitrogens is 2. The molecule has 0 atom stereocenters. The molecule has 0 radical (unpaired) electrons. The van der Waals surface area contributed by atoms with Gasteiger partial charge in [0.15, 0.2) is 0 Å². The highest BCUT2D eigenvalue weighted by Gasteiger charge is 2.04. The van der Waals surface area contributed by atoms with Crippen molar-refractivity contribution in [2.24, 2.45) is 7.05 Å². The molecule has 6 heteroatoms.